The number of phosphoric ester groups is 1. The highest BCUT2D eigenvalue weighted by atomic mass is 31.2. The Balaban J connectivity index is 4.10. The summed E-state index contributed by atoms with van der Waals surface area (Å²) < 4.78 is 34.3. The van der Waals surface area contributed by atoms with Gasteiger partial charge in [0, 0.05) is 12.8 Å². The third kappa shape index (κ3) is 70.7. The third-order valence-electron chi connectivity index (χ3n) is 14.5. The zero-order valence-electron chi connectivity index (χ0n) is 56.9. The number of carbonyl (C=O) groups is 2. The molecule has 0 aromatic heterocycles. The maximum Gasteiger partial charge on any atom is 0.306 e. The molecule has 2 atom stereocenters. The molecule has 0 saturated heterocycles. The number of hydrogen-bond acceptors (Lipinski definition) is 8. The van der Waals surface area contributed by atoms with Gasteiger partial charge in [0.2, 0.25) is 0 Å². The summed E-state index contributed by atoms with van der Waals surface area (Å²) >= 11 is 0. The minimum atomic E-state index is -4.65. The van der Waals surface area contributed by atoms with Crippen molar-refractivity contribution in [2.45, 2.75) is 277 Å². The number of nitrogens with zero attached hydrogens (tertiary/aromatic N) is 1. The summed E-state index contributed by atoms with van der Waals surface area (Å²) in [5.74, 6) is -0.843. The van der Waals surface area contributed by atoms with Crippen LogP contribution in [0.3, 0.4) is 0 Å². The van der Waals surface area contributed by atoms with E-state index in [0.717, 1.165) is 141 Å². The van der Waals surface area contributed by atoms with Crippen LogP contribution in [0, 0.1) is 0 Å². The molecule has 10 heteroatoms. The van der Waals surface area contributed by atoms with E-state index in [4.69, 9.17) is 18.5 Å². The second kappa shape index (κ2) is 67.0. The predicted octanol–water partition coefficient (Wildman–Crippen LogP) is 22.5. The van der Waals surface area contributed by atoms with Crippen molar-refractivity contribution < 1.29 is 42.1 Å². The molecule has 0 fully saturated rings. The molecule has 2 unspecified atom stereocenters. The Morgan fingerprint density at radius 1 is 0.352 bits per heavy atom. The lowest BCUT2D eigenvalue weighted by atomic mass is 10.0. The van der Waals surface area contributed by atoms with Crippen LogP contribution in [0.5, 0.6) is 0 Å². The van der Waals surface area contributed by atoms with Crippen LogP contribution < -0.4 is 4.89 Å². The molecule has 0 aliphatic heterocycles. The fourth-order valence-corrected chi connectivity index (χ4v) is 9.96. The molecular weight excluding hydrogens is 1110 g/mol. The second-order valence-electron chi connectivity index (χ2n) is 24.1. The zero-order valence-corrected chi connectivity index (χ0v) is 57.8. The van der Waals surface area contributed by atoms with E-state index >= 15 is 0 Å². The van der Waals surface area contributed by atoms with E-state index in [-0.39, 0.29) is 32.0 Å². The summed E-state index contributed by atoms with van der Waals surface area (Å²) in [7, 11) is 1.15. The number of unbranched alkanes of at least 4 members (excludes halogenated alkanes) is 23. The van der Waals surface area contributed by atoms with E-state index in [0.29, 0.717) is 17.4 Å². The summed E-state index contributed by atoms with van der Waals surface area (Å²) in [6, 6.07) is 0. The lowest BCUT2D eigenvalue weighted by molar-refractivity contribution is -0.870. The number of rotatable bonds is 63. The first-order chi connectivity index (χ1) is 43.0. The van der Waals surface area contributed by atoms with Crippen LogP contribution in [0.25, 0.3) is 0 Å². The Morgan fingerprint density at radius 3 is 0.909 bits per heavy atom. The molecule has 0 spiro atoms. The van der Waals surface area contributed by atoms with Gasteiger partial charge in [-0.3, -0.25) is 14.2 Å². The van der Waals surface area contributed by atoms with Crippen LogP contribution in [0.4, 0.5) is 0 Å². The minimum Gasteiger partial charge on any atom is -0.756 e. The average Bonchev–Trinajstić information content (AvgIpc) is 3.68. The van der Waals surface area contributed by atoms with Gasteiger partial charge in [-0.15, -0.1) is 0 Å². The van der Waals surface area contributed by atoms with Gasteiger partial charge in [0.15, 0.2) is 6.10 Å². The number of allylic oxidation sites excluding steroid dienone is 26. The predicted molar refractivity (Wildman–Crippen MR) is 378 cm³/mol. The number of phosphoric acid groups is 1. The zero-order chi connectivity index (χ0) is 64.1. The van der Waals surface area contributed by atoms with Gasteiger partial charge in [-0.25, -0.2) is 0 Å². The van der Waals surface area contributed by atoms with Gasteiger partial charge in [0.1, 0.15) is 19.8 Å². The van der Waals surface area contributed by atoms with Gasteiger partial charge < -0.3 is 27.9 Å². The summed E-state index contributed by atoms with van der Waals surface area (Å²) in [5, 5.41) is 0. The SMILES string of the molecule is CC/C=C\C/C=C\C/C=C\C/C=C\C/C=C\C/C=C\C/C=C\C/C=C\CCCCCCCCCCCCCCC(=O)OC(COC(=O)CCCCCCCCCCCCC/C=C\C/C=C\C/C=C\C/C=C\C/C=C\CC)COP(=O)([O-])OCC[N+](C)(C)C. The first kappa shape index (κ1) is 83.6. The highest BCUT2D eigenvalue weighted by molar-refractivity contribution is 7.45. The largest absolute Gasteiger partial charge is 0.756 e. The summed E-state index contributed by atoms with van der Waals surface area (Å²) in [6.45, 7) is 4.01. The van der Waals surface area contributed by atoms with Crippen LogP contribution in [0.1, 0.15) is 271 Å². The van der Waals surface area contributed by atoms with Gasteiger partial charge in [-0.2, -0.15) is 0 Å². The van der Waals surface area contributed by atoms with Crippen molar-refractivity contribution >= 4 is 19.8 Å². The number of likely N-dealkylation sites (N-methyl/N-ethyl adjacent to an activating group) is 1. The molecule has 0 aliphatic carbocycles. The van der Waals surface area contributed by atoms with Crippen LogP contribution >= 0.6 is 7.82 Å². The van der Waals surface area contributed by atoms with Crippen molar-refractivity contribution in [2.24, 2.45) is 0 Å². The molecule has 0 N–H and O–H groups in total. The quantitative estimate of drug-likeness (QED) is 0.0195. The standard InChI is InChI=1S/C78H130NO8P/c1-6-8-10-12-14-16-18-20-22-24-26-28-30-32-34-35-36-37-38-39-40-41-42-43-45-47-49-51-53-55-57-59-61-63-65-67-69-71-78(81)87-76(75-86-88(82,83)85-73-72-79(3,4)5)74-84-77(80)70-68-66-64-62-60-58-56-54-52-50-48-46-44-33-31-29-27-25-23-21-19-17-15-13-11-9-7-2/h8-11,14-17,20-23,26-29,32-34,36-37,39-40,42-44,76H,6-7,12-13,18-19,24-25,30-31,35,38,41,45-75H2,1-5H3/b10-8-,11-9-,16-14-,17-15-,22-20-,23-21-,28-26-,29-27-,34-32-,37-36-,40-39-,43-42-,44-33-. The number of quaternary nitrogens is 1. The summed E-state index contributed by atoms with van der Waals surface area (Å²) in [4.78, 5) is 38.1. The molecule has 0 heterocycles. The van der Waals surface area contributed by atoms with Crippen LogP contribution in [0.2, 0.25) is 0 Å². The van der Waals surface area contributed by atoms with E-state index in [1.165, 1.54) is 96.3 Å². The van der Waals surface area contributed by atoms with E-state index in [9.17, 15) is 19.0 Å². The summed E-state index contributed by atoms with van der Waals surface area (Å²) in [6.07, 6.45) is 100. The van der Waals surface area contributed by atoms with Gasteiger partial charge in [-0.1, -0.05) is 294 Å². The third-order valence-corrected chi connectivity index (χ3v) is 15.5. The van der Waals surface area contributed by atoms with Crippen LogP contribution in [0.15, 0.2) is 158 Å². The number of hydrogen-bond donors (Lipinski definition) is 0. The van der Waals surface area contributed by atoms with Crippen molar-refractivity contribution in [3.05, 3.63) is 158 Å². The Labute approximate surface area is 541 Å². The molecule has 9 nitrogen and oxygen atoms in total. The van der Waals surface area contributed by atoms with Gasteiger partial charge in [-0.05, 0) is 122 Å². The minimum absolute atomic E-state index is 0.0387. The lowest BCUT2D eigenvalue weighted by Gasteiger charge is -2.28. The first-order valence-electron chi connectivity index (χ1n) is 35.2. The Hall–Kier alpha value is -4.37. The molecule has 0 saturated carbocycles. The summed E-state index contributed by atoms with van der Waals surface area (Å²) in [5.41, 5.74) is 0. The average molecular weight is 1240 g/mol. The number of esters is 2. The Kier molecular flexibility index (Phi) is 63.7. The fourth-order valence-electron chi connectivity index (χ4n) is 9.23. The molecule has 88 heavy (non-hydrogen) atoms. The fraction of sp³-hybridized carbons (Fsp3) is 0.641. The molecule has 0 aliphatic rings. The molecule has 500 valence electrons. The van der Waals surface area contributed by atoms with Gasteiger partial charge in [0.25, 0.3) is 7.82 Å². The number of carbonyl (C=O) groups excluding carboxylic acids is 2. The smallest absolute Gasteiger partial charge is 0.306 e. The molecule has 0 aromatic rings. The highest BCUT2D eigenvalue weighted by Gasteiger charge is 2.22. The van der Waals surface area contributed by atoms with Crippen molar-refractivity contribution in [2.75, 3.05) is 47.5 Å². The molecule has 0 aromatic carbocycles. The molecule has 0 radical (unpaired) electrons. The van der Waals surface area contributed by atoms with Crippen molar-refractivity contribution in [1.82, 2.24) is 0 Å². The van der Waals surface area contributed by atoms with E-state index in [1.807, 2.05) is 21.1 Å². The monoisotopic (exact) mass is 1240 g/mol. The second-order valence-corrected chi connectivity index (χ2v) is 25.5. The number of ether oxygens (including phenoxy) is 2. The highest BCUT2D eigenvalue weighted by Crippen LogP contribution is 2.38. The van der Waals surface area contributed by atoms with Gasteiger partial charge >= 0.3 is 11.9 Å². The maximum atomic E-state index is 12.9. The normalized spacial score (nSPS) is 14.1. The topological polar surface area (TPSA) is 111 Å². The molecule has 0 rings (SSSR count). The van der Waals surface area contributed by atoms with E-state index in [2.05, 4.69) is 172 Å². The van der Waals surface area contributed by atoms with Crippen molar-refractivity contribution in [1.29, 1.82) is 0 Å². The van der Waals surface area contributed by atoms with Crippen molar-refractivity contribution in [3.8, 4) is 0 Å². The van der Waals surface area contributed by atoms with Crippen LogP contribution in [-0.2, 0) is 32.7 Å². The first-order valence-corrected chi connectivity index (χ1v) is 36.7. The maximum absolute atomic E-state index is 12.9. The molecular formula is C78H130NO8P. The van der Waals surface area contributed by atoms with E-state index < -0.39 is 26.5 Å². The van der Waals surface area contributed by atoms with Crippen LogP contribution in [-0.4, -0.2) is 70.0 Å². The molecule has 0 bridgehead atoms. The molecule has 0 amide bonds. The van der Waals surface area contributed by atoms with Crippen molar-refractivity contribution in [3.63, 3.8) is 0 Å². The van der Waals surface area contributed by atoms with Gasteiger partial charge in [0.05, 0.1) is 27.7 Å². The Bertz CT molecular complexity index is 2040. The lowest BCUT2D eigenvalue weighted by Crippen LogP contribution is -2.37. The Morgan fingerprint density at radius 2 is 0.614 bits per heavy atom. The van der Waals surface area contributed by atoms with E-state index in [1.54, 1.807) is 0 Å².